The van der Waals surface area contributed by atoms with E-state index in [0.717, 1.165) is 5.69 Å². The molecule has 0 radical (unpaired) electrons. The van der Waals surface area contributed by atoms with Crippen LogP contribution in [0, 0.1) is 12.7 Å². The number of hydrogen-bond acceptors (Lipinski definition) is 5. The lowest BCUT2D eigenvalue weighted by Gasteiger charge is -2.10. The first-order valence-electron chi connectivity index (χ1n) is 8.92. The molecule has 148 valence electrons. The van der Waals surface area contributed by atoms with Crippen molar-refractivity contribution in [1.82, 2.24) is 15.3 Å². The standard InChI is InChI=1S/C21H20FN5O2/c1-13-24-19(21(29)23-12-15-5-3-4-6-18(15)22)11-20(25-13)27-17-9-7-16(8-10-17)26-14(2)28/h3-11H,12H2,1-2H3,(H,23,29)(H,26,28)(H,24,25,27). The summed E-state index contributed by atoms with van der Waals surface area (Å²) in [5, 5.41) is 8.45. The number of rotatable bonds is 6. The third kappa shape index (κ3) is 5.58. The quantitative estimate of drug-likeness (QED) is 0.595. The summed E-state index contributed by atoms with van der Waals surface area (Å²) in [6.07, 6.45) is 0. The number of carbonyl (C=O) groups excluding carboxylic acids is 2. The highest BCUT2D eigenvalue weighted by molar-refractivity contribution is 5.93. The monoisotopic (exact) mass is 393 g/mol. The SMILES string of the molecule is CC(=O)Nc1ccc(Nc2cc(C(=O)NCc3ccccc3F)nc(C)n2)cc1. The fourth-order valence-corrected chi connectivity index (χ4v) is 2.64. The van der Waals surface area contributed by atoms with E-state index in [0.29, 0.717) is 22.9 Å². The summed E-state index contributed by atoms with van der Waals surface area (Å²) in [4.78, 5) is 32.0. The molecule has 0 fully saturated rings. The molecule has 0 aliphatic carbocycles. The first kappa shape index (κ1) is 19.9. The molecule has 0 bridgehead atoms. The van der Waals surface area contributed by atoms with Gasteiger partial charge in [-0.05, 0) is 37.3 Å². The summed E-state index contributed by atoms with van der Waals surface area (Å²) >= 11 is 0. The van der Waals surface area contributed by atoms with Crippen LogP contribution in [0.25, 0.3) is 0 Å². The van der Waals surface area contributed by atoms with Gasteiger partial charge >= 0.3 is 0 Å². The molecule has 8 heteroatoms. The van der Waals surface area contributed by atoms with Gasteiger partial charge in [-0.2, -0.15) is 0 Å². The fourth-order valence-electron chi connectivity index (χ4n) is 2.64. The number of aromatic nitrogens is 2. The Balaban J connectivity index is 1.69. The molecule has 0 aliphatic heterocycles. The summed E-state index contributed by atoms with van der Waals surface area (Å²) in [6, 6.07) is 14.8. The van der Waals surface area contributed by atoms with Crippen LogP contribution in [-0.4, -0.2) is 21.8 Å². The van der Waals surface area contributed by atoms with E-state index in [1.165, 1.54) is 19.1 Å². The minimum Gasteiger partial charge on any atom is -0.347 e. The van der Waals surface area contributed by atoms with Crippen molar-refractivity contribution in [1.29, 1.82) is 0 Å². The van der Waals surface area contributed by atoms with Crippen LogP contribution in [0.4, 0.5) is 21.6 Å². The van der Waals surface area contributed by atoms with E-state index in [2.05, 4.69) is 25.9 Å². The van der Waals surface area contributed by atoms with Gasteiger partial charge in [-0.3, -0.25) is 9.59 Å². The van der Waals surface area contributed by atoms with Crippen LogP contribution in [0.3, 0.4) is 0 Å². The Morgan fingerprint density at radius 3 is 2.38 bits per heavy atom. The molecule has 2 amide bonds. The maximum Gasteiger partial charge on any atom is 0.270 e. The van der Waals surface area contributed by atoms with Crippen LogP contribution >= 0.6 is 0 Å². The van der Waals surface area contributed by atoms with Crippen LogP contribution < -0.4 is 16.0 Å². The predicted octanol–water partition coefficient (Wildman–Crippen LogP) is 3.56. The number of amides is 2. The highest BCUT2D eigenvalue weighted by Gasteiger charge is 2.12. The van der Waals surface area contributed by atoms with E-state index in [1.54, 1.807) is 49.4 Å². The van der Waals surface area contributed by atoms with Crippen molar-refractivity contribution in [3.8, 4) is 0 Å². The normalized spacial score (nSPS) is 10.3. The molecule has 3 rings (SSSR count). The average molecular weight is 393 g/mol. The van der Waals surface area contributed by atoms with E-state index in [-0.39, 0.29) is 24.0 Å². The van der Waals surface area contributed by atoms with Gasteiger partial charge in [-0.1, -0.05) is 18.2 Å². The van der Waals surface area contributed by atoms with Crippen LogP contribution in [0.5, 0.6) is 0 Å². The highest BCUT2D eigenvalue weighted by Crippen LogP contribution is 2.18. The van der Waals surface area contributed by atoms with E-state index in [9.17, 15) is 14.0 Å². The van der Waals surface area contributed by atoms with Crippen LogP contribution in [0.2, 0.25) is 0 Å². The predicted molar refractivity (Wildman–Crippen MR) is 108 cm³/mol. The van der Waals surface area contributed by atoms with Gasteiger partial charge in [0.1, 0.15) is 23.2 Å². The second-order valence-electron chi connectivity index (χ2n) is 6.34. The third-order valence-electron chi connectivity index (χ3n) is 3.95. The second-order valence-corrected chi connectivity index (χ2v) is 6.34. The molecule has 0 spiro atoms. The van der Waals surface area contributed by atoms with Crippen molar-refractivity contribution in [2.75, 3.05) is 10.6 Å². The zero-order chi connectivity index (χ0) is 20.8. The lowest BCUT2D eigenvalue weighted by molar-refractivity contribution is -0.114. The Morgan fingerprint density at radius 1 is 1.00 bits per heavy atom. The first-order valence-corrected chi connectivity index (χ1v) is 8.92. The summed E-state index contributed by atoms with van der Waals surface area (Å²) in [5.41, 5.74) is 1.97. The number of hydrogen-bond donors (Lipinski definition) is 3. The third-order valence-corrected chi connectivity index (χ3v) is 3.95. The molecular weight excluding hydrogens is 373 g/mol. The molecule has 3 aromatic rings. The number of nitrogens with zero attached hydrogens (tertiary/aromatic N) is 2. The second kappa shape index (κ2) is 8.92. The van der Waals surface area contributed by atoms with Crippen molar-refractivity contribution in [3.05, 3.63) is 77.5 Å². The van der Waals surface area contributed by atoms with Gasteiger partial charge in [-0.15, -0.1) is 0 Å². The smallest absolute Gasteiger partial charge is 0.270 e. The molecular formula is C21H20FN5O2. The Kier molecular flexibility index (Phi) is 6.13. The number of aryl methyl sites for hydroxylation is 1. The van der Waals surface area contributed by atoms with E-state index >= 15 is 0 Å². The Hall–Kier alpha value is -3.81. The van der Waals surface area contributed by atoms with Crippen LogP contribution in [0.15, 0.2) is 54.6 Å². The van der Waals surface area contributed by atoms with Crippen molar-refractivity contribution in [2.24, 2.45) is 0 Å². The van der Waals surface area contributed by atoms with E-state index in [1.807, 2.05) is 0 Å². The zero-order valence-electron chi connectivity index (χ0n) is 16.0. The highest BCUT2D eigenvalue weighted by atomic mass is 19.1. The number of halogens is 1. The van der Waals surface area contributed by atoms with Gasteiger partial charge < -0.3 is 16.0 Å². The molecule has 29 heavy (non-hydrogen) atoms. The molecule has 0 aliphatic rings. The minimum atomic E-state index is -0.428. The van der Waals surface area contributed by atoms with E-state index in [4.69, 9.17) is 0 Å². The van der Waals surface area contributed by atoms with Crippen molar-refractivity contribution < 1.29 is 14.0 Å². The Labute approximate surface area is 167 Å². The Morgan fingerprint density at radius 2 is 1.69 bits per heavy atom. The average Bonchev–Trinajstić information content (AvgIpc) is 2.68. The lowest BCUT2D eigenvalue weighted by atomic mass is 10.2. The molecule has 2 aromatic carbocycles. The van der Waals surface area contributed by atoms with Gasteiger partial charge in [0.05, 0.1) is 0 Å². The minimum absolute atomic E-state index is 0.0575. The summed E-state index contributed by atoms with van der Waals surface area (Å²) in [5.74, 6) is -0.0931. The lowest BCUT2D eigenvalue weighted by Crippen LogP contribution is -2.25. The molecule has 3 N–H and O–H groups in total. The summed E-state index contributed by atoms with van der Waals surface area (Å²) < 4.78 is 13.7. The fraction of sp³-hybridized carbons (Fsp3) is 0.143. The van der Waals surface area contributed by atoms with Gasteiger partial charge in [0.25, 0.3) is 5.91 Å². The van der Waals surface area contributed by atoms with E-state index < -0.39 is 5.91 Å². The van der Waals surface area contributed by atoms with Crippen molar-refractivity contribution in [3.63, 3.8) is 0 Å². The number of carbonyl (C=O) groups is 2. The molecule has 1 aromatic heterocycles. The number of anilines is 3. The molecule has 0 saturated heterocycles. The number of nitrogens with one attached hydrogen (secondary N) is 3. The Bertz CT molecular complexity index is 1040. The molecule has 7 nitrogen and oxygen atoms in total. The van der Waals surface area contributed by atoms with Gasteiger partial charge in [0.15, 0.2) is 0 Å². The molecule has 0 unspecified atom stereocenters. The first-order chi connectivity index (χ1) is 13.9. The topological polar surface area (TPSA) is 96.0 Å². The zero-order valence-corrected chi connectivity index (χ0v) is 16.0. The van der Waals surface area contributed by atoms with Crippen molar-refractivity contribution >= 4 is 29.0 Å². The van der Waals surface area contributed by atoms with Gasteiger partial charge in [0.2, 0.25) is 5.91 Å². The summed E-state index contributed by atoms with van der Waals surface area (Å²) in [6.45, 7) is 3.18. The largest absolute Gasteiger partial charge is 0.347 e. The van der Waals surface area contributed by atoms with Crippen LogP contribution in [0.1, 0.15) is 28.8 Å². The molecule has 0 atom stereocenters. The molecule has 0 saturated carbocycles. The molecule has 1 heterocycles. The van der Waals surface area contributed by atoms with Crippen LogP contribution in [-0.2, 0) is 11.3 Å². The van der Waals surface area contributed by atoms with Gasteiger partial charge in [0, 0.05) is 36.5 Å². The van der Waals surface area contributed by atoms with Gasteiger partial charge in [-0.25, -0.2) is 14.4 Å². The summed E-state index contributed by atoms with van der Waals surface area (Å²) in [7, 11) is 0. The van der Waals surface area contributed by atoms with Crippen molar-refractivity contribution in [2.45, 2.75) is 20.4 Å². The maximum absolute atomic E-state index is 13.7. The number of benzene rings is 2. The maximum atomic E-state index is 13.7.